The molecular weight excluding hydrogens is 476 g/mol. The third-order valence-corrected chi connectivity index (χ3v) is 6.33. The Kier molecular flexibility index (Phi) is 6.37. The Morgan fingerprint density at radius 1 is 1.00 bits per heavy atom. The van der Waals surface area contributed by atoms with Crippen LogP contribution in [0, 0.1) is 11.6 Å². The van der Waals surface area contributed by atoms with Crippen molar-refractivity contribution in [3.8, 4) is 11.5 Å². The molecule has 5 rings (SSSR count). The molecule has 0 bridgehead atoms. The number of carbonyl (C=O) groups excluding carboxylic acids is 1. The van der Waals surface area contributed by atoms with Crippen LogP contribution in [0.25, 0.3) is 10.9 Å². The summed E-state index contributed by atoms with van der Waals surface area (Å²) >= 11 is 1.07. The molecule has 0 fully saturated rings. The Balaban J connectivity index is 1.34. The number of hydrogen-bond donors (Lipinski definition) is 1. The molecule has 1 amide bonds. The number of amides is 1. The topological polar surface area (TPSA) is 82.5 Å². The Bertz CT molecular complexity index is 1470. The zero-order chi connectivity index (χ0) is 24.4. The van der Waals surface area contributed by atoms with Crippen LogP contribution in [0.2, 0.25) is 0 Å². The number of nitrogens with zero attached hydrogens (tertiary/aromatic N) is 2. The second-order valence-electron chi connectivity index (χ2n) is 7.83. The fourth-order valence-electron chi connectivity index (χ4n) is 3.71. The van der Waals surface area contributed by atoms with E-state index in [1.807, 2.05) is 6.07 Å². The van der Waals surface area contributed by atoms with Gasteiger partial charge in [0, 0.05) is 12.6 Å². The molecule has 0 saturated heterocycles. The Morgan fingerprint density at radius 2 is 1.77 bits per heavy atom. The first kappa shape index (κ1) is 22.9. The molecule has 1 N–H and O–H groups in total. The van der Waals surface area contributed by atoms with Gasteiger partial charge in [-0.3, -0.25) is 14.2 Å². The van der Waals surface area contributed by atoms with Crippen LogP contribution in [0.15, 0.2) is 70.6 Å². The lowest BCUT2D eigenvalue weighted by Crippen LogP contribution is -2.27. The van der Waals surface area contributed by atoms with Crippen molar-refractivity contribution < 1.29 is 23.0 Å². The van der Waals surface area contributed by atoms with Gasteiger partial charge >= 0.3 is 0 Å². The summed E-state index contributed by atoms with van der Waals surface area (Å²) in [5, 5.41) is 3.48. The Hall–Kier alpha value is -3.92. The maximum Gasteiger partial charge on any atom is 0.262 e. The van der Waals surface area contributed by atoms with Gasteiger partial charge in [0.05, 0.1) is 23.2 Å². The van der Waals surface area contributed by atoms with Gasteiger partial charge < -0.3 is 14.8 Å². The fourth-order valence-corrected chi connectivity index (χ4v) is 4.54. The summed E-state index contributed by atoms with van der Waals surface area (Å²) < 4.78 is 39.4. The monoisotopic (exact) mass is 495 g/mol. The first-order valence-electron chi connectivity index (χ1n) is 10.7. The van der Waals surface area contributed by atoms with Gasteiger partial charge in [0.15, 0.2) is 16.7 Å². The normalized spacial score (nSPS) is 12.2. The van der Waals surface area contributed by atoms with Crippen LogP contribution in [0.4, 0.5) is 8.78 Å². The van der Waals surface area contributed by atoms with Gasteiger partial charge in [-0.25, -0.2) is 13.8 Å². The standard InChI is InChI=1S/C25H19F2N3O4S/c26-17-7-16(8-18(27)10-17)12-30-24(32)19-3-1-2-4-20(19)29-25(30)35-13-23(31)28-11-15-5-6-21-22(9-15)34-14-33-21/h1-10H,11-14H2,(H,28,31). The highest BCUT2D eigenvalue weighted by Crippen LogP contribution is 2.32. The van der Waals surface area contributed by atoms with Gasteiger partial charge in [-0.15, -0.1) is 0 Å². The van der Waals surface area contributed by atoms with Gasteiger partial charge in [0.25, 0.3) is 5.56 Å². The number of halogens is 2. The van der Waals surface area contributed by atoms with E-state index in [1.54, 1.807) is 36.4 Å². The molecule has 1 aromatic heterocycles. The molecule has 10 heteroatoms. The minimum atomic E-state index is -0.737. The molecule has 0 spiro atoms. The number of thioether (sulfide) groups is 1. The zero-order valence-corrected chi connectivity index (χ0v) is 19.1. The lowest BCUT2D eigenvalue weighted by Gasteiger charge is -2.13. The van der Waals surface area contributed by atoms with E-state index in [4.69, 9.17) is 9.47 Å². The quantitative estimate of drug-likeness (QED) is 0.310. The maximum atomic E-state index is 13.7. The summed E-state index contributed by atoms with van der Waals surface area (Å²) in [6, 6.07) is 15.3. The number of rotatable bonds is 7. The smallest absolute Gasteiger partial charge is 0.262 e. The van der Waals surface area contributed by atoms with Crippen molar-refractivity contribution in [2.45, 2.75) is 18.2 Å². The summed E-state index contributed by atoms with van der Waals surface area (Å²) in [5.74, 6) is -0.456. The average Bonchev–Trinajstić information content (AvgIpc) is 3.31. The summed E-state index contributed by atoms with van der Waals surface area (Å²) in [6.45, 7) is 0.369. The van der Waals surface area contributed by atoms with Crippen molar-refractivity contribution in [2.75, 3.05) is 12.5 Å². The highest BCUT2D eigenvalue weighted by molar-refractivity contribution is 7.99. The highest BCUT2D eigenvalue weighted by atomic mass is 32.2. The van der Waals surface area contributed by atoms with Gasteiger partial charge in [0.2, 0.25) is 12.7 Å². The largest absolute Gasteiger partial charge is 0.454 e. The molecule has 0 saturated carbocycles. The number of fused-ring (bicyclic) bond motifs is 2. The van der Waals surface area contributed by atoms with Crippen LogP contribution >= 0.6 is 11.8 Å². The Morgan fingerprint density at radius 3 is 2.60 bits per heavy atom. The first-order valence-corrected chi connectivity index (χ1v) is 11.7. The third kappa shape index (κ3) is 5.12. The van der Waals surface area contributed by atoms with E-state index in [1.165, 1.54) is 4.57 Å². The van der Waals surface area contributed by atoms with Gasteiger partial charge in [-0.2, -0.15) is 0 Å². The molecule has 3 aromatic carbocycles. The van der Waals surface area contributed by atoms with Crippen molar-refractivity contribution in [3.63, 3.8) is 0 Å². The number of benzene rings is 3. The van der Waals surface area contributed by atoms with Crippen LogP contribution < -0.4 is 20.3 Å². The molecule has 0 unspecified atom stereocenters. The predicted molar refractivity (Wildman–Crippen MR) is 127 cm³/mol. The first-order chi connectivity index (χ1) is 17.0. The molecule has 0 aliphatic carbocycles. The van der Waals surface area contributed by atoms with E-state index in [-0.39, 0.29) is 47.8 Å². The number of para-hydroxylation sites is 1. The number of aromatic nitrogens is 2. The number of hydrogen-bond acceptors (Lipinski definition) is 6. The molecule has 178 valence electrons. The van der Waals surface area contributed by atoms with Gasteiger partial charge in [0.1, 0.15) is 11.6 Å². The van der Waals surface area contributed by atoms with E-state index in [0.717, 1.165) is 35.5 Å². The van der Waals surface area contributed by atoms with E-state index in [2.05, 4.69) is 10.3 Å². The lowest BCUT2D eigenvalue weighted by molar-refractivity contribution is -0.118. The van der Waals surface area contributed by atoms with E-state index in [9.17, 15) is 18.4 Å². The summed E-state index contributed by atoms with van der Waals surface area (Å²) in [4.78, 5) is 30.2. The van der Waals surface area contributed by atoms with Crippen molar-refractivity contribution >= 4 is 28.6 Å². The van der Waals surface area contributed by atoms with Crippen LogP contribution in [0.3, 0.4) is 0 Å². The second-order valence-corrected chi connectivity index (χ2v) is 8.78. The summed E-state index contributed by atoms with van der Waals surface area (Å²) in [5.41, 5.74) is 1.24. The SMILES string of the molecule is O=C(CSc1nc2ccccc2c(=O)n1Cc1cc(F)cc(F)c1)NCc1ccc2c(c1)OCO2. The van der Waals surface area contributed by atoms with Crippen LogP contribution in [0.1, 0.15) is 11.1 Å². The van der Waals surface area contributed by atoms with E-state index >= 15 is 0 Å². The van der Waals surface area contributed by atoms with E-state index in [0.29, 0.717) is 22.4 Å². The highest BCUT2D eigenvalue weighted by Gasteiger charge is 2.16. The van der Waals surface area contributed by atoms with Crippen LogP contribution in [-0.2, 0) is 17.9 Å². The molecule has 4 aromatic rings. The predicted octanol–water partition coefficient (Wildman–Crippen LogP) is 3.86. The Labute approximate surface area is 202 Å². The average molecular weight is 496 g/mol. The molecule has 2 heterocycles. The second kappa shape index (κ2) is 9.75. The minimum Gasteiger partial charge on any atom is -0.454 e. The van der Waals surface area contributed by atoms with E-state index < -0.39 is 11.6 Å². The fraction of sp³-hybridized carbons (Fsp3) is 0.160. The number of carbonyl (C=O) groups is 1. The van der Waals surface area contributed by atoms with Crippen molar-refractivity contribution in [1.29, 1.82) is 0 Å². The van der Waals surface area contributed by atoms with Crippen molar-refractivity contribution in [1.82, 2.24) is 14.9 Å². The molecule has 1 aliphatic rings. The lowest BCUT2D eigenvalue weighted by atomic mass is 10.2. The van der Waals surface area contributed by atoms with Crippen LogP contribution in [-0.4, -0.2) is 28.0 Å². The molecular formula is C25H19F2N3O4S. The van der Waals surface area contributed by atoms with Crippen molar-refractivity contribution in [3.05, 3.63) is 93.8 Å². The molecule has 0 radical (unpaired) electrons. The summed E-state index contributed by atoms with van der Waals surface area (Å²) in [7, 11) is 0. The molecule has 0 atom stereocenters. The molecule has 1 aliphatic heterocycles. The van der Waals surface area contributed by atoms with Gasteiger partial charge in [-0.1, -0.05) is 30.0 Å². The van der Waals surface area contributed by atoms with Crippen molar-refractivity contribution in [2.24, 2.45) is 0 Å². The summed E-state index contributed by atoms with van der Waals surface area (Å²) in [6.07, 6.45) is 0. The maximum absolute atomic E-state index is 13.7. The number of nitrogens with one attached hydrogen (secondary N) is 1. The van der Waals surface area contributed by atoms with Crippen LogP contribution in [0.5, 0.6) is 11.5 Å². The zero-order valence-electron chi connectivity index (χ0n) is 18.3. The van der Waals surface area contributed by atoms with Gasteiger partial charge in [-0.05, 0) is 47.5 Å². The third-order valence-electron chi connectivity index (χ3n) is 5.35. The minimum absolute atomic E-state index is 0.00710. The molecule has 35 heavy (non-hydrogen) atoms. The molecule has 7 nitrogen and oxygen atoms in total. The number of ether oxygens (including phenoxy) is 2.